The molecule has 4 heteroatoms. The van der Waals surface area contributed by atoms with Crippen molar-refractivity contribution in [2.24, 2.45) is 10.7 Å². The van der Waals surface area contributed by atoms with Crippen molar-refractivity contribution in [2.45, 2.75) is 37.8 Å². The number of benzene rings is 1. The van der Waals surface area contributed by atoms with Crippen LogP contribution in [0.3, 0.4) is 0 Å². The van der Waals surface area contributed by atoms with Gasteiger partial charge in [-0.25, -0.2) is 0 Å². The standard InChI is InChI=1S/C14H20N2O2/c1-18-11-6-7-14(17)10(8-11)9-16-13-5-3-2-4-12(13)15/h6-9,12-13,17H,2-5,15H2,1H3/t12-,13-/m0/s1. The number of phenols is 1. The van der Waals surface area contributed by atoms with Gasteiger partial charge in [-0.15, -0.1) is 0 Å². The van der Waals surface area contributed by atoms with Gasteiger partial charge in [-0.1, -0.05) is 12.8 Å². The third-order valence-corrected chi connectivity index (χ3v) is 3.42. The summed E-state index contributed by atoms with van der Waals surface area (Å²) in [6, 6.07) is 5.42. The van der Waals surface area contributed by atoms with E-state index in [9.17, 15) is 5.11 Å². The number of ether oxygens (including phenoxy) is 1. The summed E-state index contributed by atoms with van der Waals surface area (Å²) in [7, 11) is 1.60. The third-order valence-electron chi connectivity index (χ3n) is 3.42. The molecule has 2 atom stereocenters. The monoisotopic (exact) mass is 248 g/mol. The molecule has 0 saturated heterocycles. The third kappa shape index (κ3) is 3.01. The highest BCUT2D eigenvalue weighted by atomic mass is 16.5. The molecule has 1 aromatic carbocycles. The summed E-state index contributed by atoms with van der Waals surface area (Å²) in [5, 5.41) is 9.75. The van der Waals surface area contributed by atoms with Crippen LogP contribution in [0.4, 0.5) is 0 Å². The summed E-state index contributed by atoms with van der Waals surface area (Å²) in [4.78, 5) is 4.51. The lowest BCUT2D eigenvalue weighted by Gasteiger charge is -2.25. The van der Waals surface area contributed by atoms with E-state index in [1.165, 1.54) is 12.8 Å². The van der Waals surface area contributed by atoms with E-state index >= 15 is 0 Å². The minimum Gasteiger partial charge on any atom is -0.507 e. The summed E-state index contributed by atoms with van der Waals surface area (Å²) in [6.07, 6.45) is 6.14. The maximum atomic E-state index is 9.75. The van der Waals surface area contributed by atoms with E-state index in [0.29, 0.717) is 11.3 Å². The molecular weight excluding hydrogens is 228 g/mol. The summed E-state index contributed by atoms with van der Waals surface area (Å²) >= 11 is 0. The first-order chi connectivity index (χ1) is 8.70. The van der Waals surface area contributed by atoms with E-state index in [2.05, 4.69) is 4.99 Å². The number of hydrogen-bond acceptors (Lipinski definition) is 4. The molecule has 0 amide bonds. The fourth-order valence-electron chi connectivity index (χ4n) is 2.26. The highest BCUT2D eigenvalue weighted by Gasteiger charge is 2.20. The number of hydrogen-bond donors (Lipinski definition) is 2. The second kappa shape index (κ2) is 5.87. The van der Waals surface area contributed by atoms with Crippen molar-refractivity contribution in [3.8, 4) is 11.5 Å². The zero-order valence-corrected chi connectivity index (χ0v) is 10.7. The van der Waals surface area contributed by atoms with Crippen LogP contribution < -0.4 is 10.5 Å². The van der Waals surface area contributed by atoms with Gasteiger partial charge in [-0.05, 0) is 31.0 Å². The van der Waals surface area contributed by atoms with Crippen LogP contribution in [0.25, 0.3) is 0 Å². The topological polar surface area (TPSA) is 67.8 Å². The molecule has 1 saturated carbocycles. The molecule has 1 aliphatic rings. The van der Waals surface area contributed by atoms with Gasteiger partial charge in [-0.2, -0.15) is 0 Å². The van der Waals surface area contributed by atoms with Crippen LogP contribution >= 0.6 is 0 Å². The molecule has 0 bridgehead atoms. The number of phenolic OH excluding ortho intramolecular Hbond substituents is 1. The molecule has 1 aliphatic carbocycles. The molecule has 1 fully saturated rings. The van der Waals surface area contributed by atoms with Gasteiger partial charge in [0.15, 0.2) is 0 Å². The van der Waals surface area contributed by atoms with Gasteiger partial charge in [-0.3, -0.25) is 4.99 Å². The van der Waals surface area contributed by atoms with Crippen molar-refractivity contribution >= 4 is 6.21 Å². The Kier molecular flexibility index (Phi) is 4.20. The first kappa shape index (κ1) is 12.9. The number of aliphatic imine (C=N–C) groups is 1. The van der Waals surface area contributed by atoms with Crippen LogP contribution in [0.1, 0.15) is 31.2 Å². The van der Waals surface area contributed by atoms with Crippen LogP contribution in [0.2, 0.25) is 0 Å². The molecular formula is C14H20N2O2. The highest BCUT2D eigenvalue weighted by molar-refractivity contribution is 5.84. The van der Waals surface area contributed by atoms with Gasteiger partial charge in [0, 0.05) is 17.8 Å². The molecule has 98 valence electrons. The first-order valence-corrected chi connectivity index (χ1v) is 6.36. The van der Waals surface area contributed by atoms with Gasteiger partial charge in [0.1, 0.15) is 11.5 Å². The Morgan fingerprint density at radius 2 is 2.17 bits per heavy atom. The van der Waals surface area contributed by atoms with E-state index in [-0.39, 0.29) is 17.8 Å². The molecule has 2 rings (SSSR count). The smallest absolute Gasteiger partial charge is 0.124 e. The molecule has 1 aromatic rings. The largest absolute Gasteiger partial charge is 0.507 e. The van der Waals surface area contributed by atoms with Crippen molar-refractivity contribution in [1.29, 1.82) is 0 Å². The second-order valence-electron chi connectivity index (χ2n) is 4.72. The van der Waals surface area contributed by atoms with Crippen LogP contribution in [0, 0.1) is 0 Å². The predicted molar refractivity (Wildman–Crippen MR) is 72.5 cm³/mol. The Balaban J connectivity index is 2.12. The Labute approximate surface area is 107 Å². The SMILES string of the molecule is COc1ccc(O)c(C=N[C@H]2CCCC[C@@H]2N)c1. The van der Waals surface area contributed by atoms with Crippen LogP contribution in [-0.2, 0) is 0 Å². The molecule has 0 heterocycles. The number of nitrogens with two attached hydrogens (primary N) is 1. The predicted octanol–water partition coefficient (Wildman–Crippen LogP) is 2.09. The Hall–Kier alpha value is -1.55. The second-order valence-corrected chi connectivity index (χ2v) is 4.72. The van der Waals surface area contributed by atoms with Gasteiger partial charge in [0.05, 0.1) is 13.2 Å². The van der Waals surface area contributed by atoms with Crippen LogP contribution in [-0.4, -0.2) is 30.5 Å². The number of nitrogens with zero attached hydrogens (tertiary/aromatic N) is 1. The van der Waals surface area contributed by atoms with Gasteiger partial charge >= 0.3 is 0 Å². The lowest BCUT2D eigenvalue weighted by Crippen LogP contribution is -2.36. The minimum absolute atomic E-state index is 0.141. The summed E-state index contributed by atoms with van der Waals surface area (Å²) in [5.41, 5.74) is 6.71. The number of rotatable bonds is 3. The Morgan fingerprint density at radius 1 is 1.39 bits per heavy atom. The number of aromatic hydroxyl groups is 1. The van der Waals surface area contributed by atoms with E-state index in [1.807, 2.05) is 0 Å². The minimum atomic E-state index is 0.141. The van der Waals surface area contributed by atoms with Gasteiger partial charge in [0.2, 0.25) is 0 Å². The van der Waals surface area contributed by atoms with E-state index < -0.39 is 0 Å². The average molecular weight is 248 g/mol. The maximum Gasteiger partial charge on any atom is 0.124 e. The van der Waals surface area contributed by atoms with Crippen molar-refractivity contribution in [2.75, 3.05) is 7.11 Å². The molecule has 4 nitrogen and oxygen atoms in total. The Morgan fingerprint density at radius 3 is 2.89 bits per heavy atom. The quantitative estimate of drug-likeness (QED) is 0.805. The zero-order valence-electron chi connectivity index (χ0n) is 10.7. The van der Waals surface area contributed by atoms with Gasteiger partial charge in [0.25, 0.3) is 0 Å². The molecule has 3 N–H and O–H groups in total. The molecule has 0 aromatic heterocycles. The summed E-state index contributed by atoms with van der Waals surface area (Å²) in [5.74, 6) is 0.922. The fraction of sp³-hybridized carbons (Fsp3) is 0.500. The van der Waals surface area contributed by atoms with Crippen molar-refractivity contribution < 1.29 is 9.84 Å². The van der Waals surface area contributed by atoms with E-state index in [4.69, 9.17) is 10.5 Å². The Bertz CT molecular complexity index is 432. The van der Waals surface area contributed by atoms with Crippen molar-refractivity contribution in [1.82, 2.24) is 0 Å². The zero-order chi connectivity index (χ0) is 13.0. The van der Waals surface area contributed by atoms with Crippen molar-refractivity contribution in [3.63, 3.8) is 0 Å². The number of methoxy groups -OCH3 is 1. The molecule has 0 aliphatic heterocycles. The molecule has 0 radical (unpaired) electrons. The van der Waals surface area contributed by atoms with E-state index in [1.54, 1.807) is 31.5 Å². The van der Waals surface area contributed by atoms with Gasteiger partial charge < -0.3 is 15.6 Å². The lowest BCUT2D eigenvalue weighted by molar-refractivity contribution is 0.387. The summed E-state index contributed by atoms with van der Waals surface area (Å²) in [6.45, 7) is 0. The first-order valence-electron chi connectivity index (χ1n) is 6.36. The lowest BCUT2D eigenvalue weighted by atomic mass is 9.91. The normalized spacial score (nSPS) is 24.3. The molecule has 0 spiro atoms. The highest BCUT2D eigenvalue weighted by Crippen LogP contribution is 2.23. The molecule has 18 heavy (non-hydrogen) atoms. The van der Waals surface area contributed by atoms with Crippen LogP contribution in [0.5, 0.6) is 11.5 Å². The van der Waals surface area contributed by atoms with Crippen LogP contribution in [0.15, 0.2) is 23.2 Å². The van der Waals surface area contributed by atoms with E-state index in [0.717, 1.165) is 12.8 Å². The fourth-order valence-corrected chi connectivity index (χ4v) is 2.26. The average Bonchev–Trinajstić information content (AvgIpc) is 2.39. The summed E-state index contributed by atoms with van der Waals surface area (Å²) < 4.78 is 5.13. The molecule has 0 unspecified atom stereocenters. The maximum absolute atomic E-state index is 9.75. The van der Waals surface area contributed by atoms with Crippen molar-refractivity contribution in [3.05, 3.63) is 23.8 Å².